The molecule has 1 saturated heterocycles. The molecular formula is C23H23ClF3N7O. The minimum Gasteiger partial charge on any atom is -0.378 e. The van der Waals surface area contributed by atoms with Gasteiger partial charge in [-0.2, -0.15) is 13.2 Å². The highest BCUT2D eigenvalue weighted by atomic mass is 35.5. The number of alkyl halides is 3. The van der Waals surface area contributed by atoms with E-state index in [1.807, 2.05) is 17.0 Å². The van der Waals surface area contributed by atoms with Crippen molar-refractivity contribution < 1.29 is 17.9 Å². The Morgan fingerprint density at radius 1 is 1.06 bits per heavy atom. The quantitative estimate of drug-likeness (QED) is 0.523. The number of ether oxygens (including phenoxy) is 1. The number of benzene rings is 1. The second kappa shape index (κ2) is 9.74. The summed E-state index contributed by atoms with van der Waals surface area (Å²) in [6, 6.07) is 7.19. The van der Waals surface area contributed by atoms with Gasteiger partial charge < -0.3 is 25.2 Å². The summed E-state index contributed by atoms with van der Waals surface area (Å²) in [7, 11) is 0. The first-order chi connectivity index (χ1) is 16.9. The average molecular weight is 506 g/mol. The van der Waals surface area contributed by atoms with E-state index in [2.05, 4.69) is 30.5 Å². The van der Waals surface area contributed by atoms with E-state index in [-0.39, 0.29) is 11.6 Å². The third-order valence-corrected chi connectivity index (χ3v) is 6.19. The second-order valence-electron chi connectivity index (χ2n) is 8.21. The lowest BCUT2D eigenvalue weighted by atomic mass is 10.1. The molecule has 2 aromatic heterocycles. The molecule has 0 atom stereocenters. The van der Waals surface area contributed by atoms with Gasteiger partial charge in [-0.3, -0.25) is 0 Å². The fraction of sp³-hybridized carbons (Fsp3) is 0.348. The Labute approximate surface area is 205 Å². The van der Waals surface area contributed by atoms with Crippen LogP contribution in [0, 0.1) is 0 Å². The second-order valence-corrected chi connectivity index (χ2v) is 8.62. The van der Waals surface area contributed by atoms with Gasteiger partial charge in [-0.25, -0.2) is 15.0 Å². The molecule has 2 aliphatic heterocycles. The maximum Gasteiger partial charge on any atom is 0.416 e. The van der Waals surface area contributed by atoms with Gasteiger partial charge >= 0.3 is 6.18 Å². The first-order valence-corrected chi connectivity index (χ1v) is 11.5. The number of halogens is 4. The highest BCUT2D eigenvalue weighted by Crippen LogP contribution is 2.34. The van der Waals surface area contributed by atoms with E-state index < -0.39 is 11.7 Å². The Balaban J connectivity index is 1.34. The molecule has 0 unspecified atom stereocenters. The summed E-state index contributed by atoms with van der Waals surface area (Å²) in [5.74, 6) is 2.47. The third-order valence-electron chi connectivity index (χ3n) is 5.82. The Hall–Kier alpha value is -3.31. The molecule has 1 aromatic carbocycles. The number of rotatable bonds is 5. The zero-order valence-electron chi connectivity index (χ0n) is 18.6. The molecule has 0 amide bonds. The van der Waals surface area contributed by atoms with Crippen molar-refractivity contribution >= 4 is 40.6 Å². The Morgan fingerprint density at radius 2 is 1.89 bits per heavy atom. The molecule has 3 aromatic rings. The van der Waals surface area contributed by atoms with E-state index in [1.165, 1.54) is 6.07 Å². The number of nitrogens with zero attached hydrogens (tertiary/aromatic N) is 5. The summed E-state index contributed by atoms with van der Waals surface area (Å²) in [5, 5.41) is 6.65. The van der Waals surface area contributed by atoms with Crippen LogP contribution in [0.4, 0.5) is 42.1 Å². The Morgan fingerprint density at radius 3 is 2.63 bits per heavy atom. The first-order valence-electron chi connectivity index (χ1n) is 11.1. The molecule has 0 saturated carbocycles. The summed E-state index contributed by atoms with van der Waals surface area (Å²) in [6.07, 6.45) is -1.12. The number of hydrogen-bond acceptors (Lipinski definition) is 8. The van der Waals surface area contributed by atoms with Gasteiger partial charge in [-0.1, -0.05) is 11.6 Å². The molecule has 8 nitrogen and oxygen atoms in total. The van der Waals surface area contributed by atoms with Crippen LogP contribution in [0.5, 0.6) is 0 Å². The predicted octanol–water partition coefficient (Wildman–Crippen LogP) is 4.56. The van der Waals surface area contributed by atoms with Crippen LogP contribution >= 0.6 is 11.6 Å². The van der Waals surface area contributed by atoms with E-state index in [0.29, 0.717) is 49.3 Å². The fourth-order valence-electron chi connectivity index (χ4n) is 4.02. The van der Waals surface area contributed by atoms with Crippen molar-refractivity contribution in [3.05, 3.63) is 58.9 Å². The number of nitrogens with one attached hydrogen (secondary N) is 2. The van der Waals surface area contributed by atoms with Crippen LogP contribution in [0.2, 0.25) is 5.02 Å². The van der Waals surface area contributed by atoms with Gasteiger partial charge in [0.05, 0.1) is 36.9 Å². The molecule has 0 bridgehead atoms. The Bertz CT molecular complexity index is 1190. The first kappa shape index (κ1) is 23.4. The Kier molecular flexibility index (Phi) is 6.52. The van der Waals surface area contributed by atoms with Gasteiger partial charge in [0.15, 0.2) is 17.5 Å². The molecule has 1 fully saturated rings. The van der Waals surface area contributed by atoms with E-state index in [1.54, 1.807) is 12.4 Å². The van der Waals surface area contributed by atoms with Gasteiger partial charge in [0.25, 0.3) is 0 Å². The highest BCUT2D eigenvalue weighted by Gasteiger charge is 2.31. The third kappa shape index (κ3) is 5.35. The molecule has 2 N–H and O–H groups in total. The topological polar surface area (TPSA) is 78.4 Å². The smallest absolute Gasteiger partial charge is 0.378 e. The standard InChI is InChI=1S/C23H23ClF3N7O/c24-18-3-1-16(23(25,26)27)11-15(18)14-34-6-5-28-21-22(34)32-19(13-30-21)31-17-2-4-20(29-12-17)33-7-9-35-10-8-33/h1-4,11-13H,5-10,14H2,(H,28,30)(H,31,32). The SMILES string of the molecule is FC(F)(F)c1ccc(Cl)c(CN2CCNc3ncc(Nc4ccc(N5CCOCC5)nc4)nc32)c1. The van der Waals surface area contributed by atoms with Crippen molar-refractivity contribution in [3.8, 4) is 0 Å². The summed E-state index contributed by atoms with van der Waals surface area (Å²) < 4.78 is 45.0. The van der Waals surface area contributed by atoms with E-state index >= 15 is 0 Å². The number of morpholine rings is 1. The van der Waals surface area contributed by atoms with Crippen LogP contribution in [-0.2, 0) is 17.5 Å². The number of anilines is 5. The molecule has 2 aliphatic rings. The summed E-state index contributed by atoms with van der Waals surface area (Å²) in [6.45, 7) is 4.26. The monoisotopic (exact) mass is 505 g/mol. The van der Waals surface area contributed by atoms with Crippen LogP contribution in [0.25, 0.3) is 0 Å². The van der Waals surface area contributed by atoms with Crippen LogP contribution in [0.15, 0.2) is 42.7 Å². The van der Waals surface area contributed by atoms with Gasteiger partial charge in [0.2, 0.25) is 0 Å². The largest absolute Gasteiger partial charge is 0.416 e. The van der Waals surface area contributed by atoms with Gasteiger partial charge in [0.1, 0.15) is 5.82 Å². The maximum absolute atomic E-state index is 13.2. The normalized spacial score (nSPS) is 16.0. The number of fused-ring (bicyclic) bond motifs is 1. The summed E-state index contributed by atoms with van der Waals surface area (Å²) in [4.78, 5) is 17.7. The fourth-order valence-corrected chi connectivity index (χ4v) is 4.20. The molecule has 4 heterocycles. The molecule has 5 rings (SSSR count). The van der Waals surface area contributed by atoms with E-state index in [9.17, 15) is 13.2 Å². The van der Waals surface area contributed by atoms with Crippen LogP contribution in [-0.4, -0.2) is 54.3 Å². The van der Waals surface area contributed by atoms with Gasteiger partial charge in [-0.05, 0) is 35.9 Å². The zero-order valence-corrected chi connectivity index (χ0v) is 19.4. The minimum atomic E-state index is -4.44. The van der Waals surface area contributed by atoms with Crippen molar-refractivity contribution in [1.29, 1.82) is 0 Å². The minimum absolute atomic E-state index is 0.172. The van der Waals surface area contributed by atoms with Crippen molar-refractivity contribution in [3.63, 3.8) is 0 Å². The molecule has 184 valence electrons. The molecule has 0 aliphatic carbocycles. The van der Waals surface area contributed by atoms with Crippen LogP contribution in [0.3, 0.4) is 0 Å². The van der Waals surface area contributed by atoms with Crippen molar-refractivity contribution in [2.45, 2.75) is 12.7 Å². The average Bonchev–Trinajstić information content (AvgIpc) is 2.86. The summed E-state index contributed by atoms with van der Waals surface area (Å²) in [5.41, 5.74) is 0.381. The predicted molar refractivity (Wildman–Crippen MR) is 129 cm³/mol. The van der Waals surface area contributed by atoms with E-state index in [4.69, 9.17) is 16.3 Å². The van der Waals surface area contributed by atoms with E-state index in [0.717, 1.165) is 36.7 Å². The highest BCUT2D eigenvalue weighted by molar-refractivity contribution is 6.31. The van der Waals surface area contributed by atoms with Gasteiger partial charge in [-0.15, -0.1) is 0 Å². The molecule has 0 spiro atoms. The van der Waals surface area contributed by atoms with Crippen molar-refractivity contribution in [1.82, 2.24) is 15.0 Å². The zero-order chi connectivity index (χ0) is 24.4. The lowest BCUT2D eigenvalue weighted by Gasteiger charge is -2.31. The van der Waals surface area contributed by atoms with Crippen molar-refractivity contribution in [2.24, 2.45) is 0 Å². The van der Waals surface area contributed by atoms with Crippen LogP contribution < -0.4 is 20.4 Å². The number of aromatic nitrogens is 3. The molecule has 12 heteroatoms. The lowest BCUT2D eigenvalue weighted by molar-refractivity contribution is -0.137. The van der Waals surface area contributed by atoms with Crippen molar-refractivity contribution in [2.75, 3.05) is 59.8 Å². The molecule has 0 radical (unpaired) electrons. The van der Waals surface area contributed by atoms with Gasteiger partial charge in [0, 0.05) is 37.7 Å². The number of pyridine rings is 1. The molecular weight excluding hydrogens is 483 g/mol. The maximum atomic E-state index is 13.2. The number of hydrogen-bond donors (Lipinski definition) is 2. The summed E-state index contributed by atoms with van der Waals surface area (Å²) >= 11 is 6.22. The lowest BCUT2D eigenvalue weighted by Crippen LogP contribution is -2.36. The van der Waals surface area contributed by atoms with Crippen LogP contribution in [0.1, 0.15) is 11.1 Å². The molecule has 35 heavy (non-hydrogen) atoms.